The summed E-state index contributed by atoms with van der Waals surface area (Å²) in [5.41, 5.74) is 5.53. The third-order valence-electron chi connectivity index (χ3n) is 4.84. The number of carbonyl (C=O) groups excluding carboxylic acids is 1. The van der Waals surface area contributed by atoms with Gasteiger partial charge in [0.1, 0.15) is 11.4 Å². The van der Waals surface area contributed by atoms with E-state index in [-0.39, 0.29) is 5.91 Å². The Morgan fingerprint density at radius 1 is 1.30 bits per heavy atom. The molecule has 0 saturated carbocycles. The predicted octanol–water partition coefficient (Wildman–Crippen LogP) is 1.92. The zero-order valence-corrected chi connectivity index (χ0v) is 14.9. The number of hydrogen-bond acceptors (Lipinski definition) is 6. The molecule has 0 unspecified atom stereocenters. The molecular weight excluding hydrogens is 346 g/mol. The first kappa shape index (κ1) is 15.7. The maximum atomic E-state index is 13.1. The van der Waals surface area contributed by atoms with Crippen LogP contribution in [0.1, 0.15) is 33.1 Å². The summed E-state index contributed by atoms with van der Waals surface area (Å²) >= 11 is 0. The average Bonchev–Trinajstić information content (AvgIpc) is 3.38. The van der Waals surface area contributed by atoms with Crippen molar-refractivity contribution in [3.05, 3.63) is 52.7 Å². The lowest BCUT2D eigenvalue weighted by molar-refractivity contribution is 0.0728. The van der Waals surface area contributed by atoms with Gasteiger partial charge in [0, 0.05) is 42.0 Å². The highest BCUT2D eigenvalue weighted by molar-refractivity contribution is 5.93. The van der Waals surface area contributed by atoms with E-state index in [9.17, 15) is 4.79 Å². The summed E-state index contributed by atoms with van der Waals surface area (Å²) in [6.07, 6.45) is 2.28. The van der Waals surface area contributed by atoms with Crippen molar-refractivity contribution < 1.29 is 9.32 Å². The highest BCUT2D eigenvalue weighted by Crippen LogP contribution is 2.28. The molecule has 0 aromatic carbocycles. The van der Waals surface area contributed by atoms with E-state index in [1.807, 2.05) is 19.9 Å². The number of aryl methyl sites for hydroxylation is 2. The molecule has 0 aliphatic carbocycles. The van der Waals surface area contributed by atoms with Crippen LogP contribution in [0.15, 0.2) is 28.9 Å². The summed E-state index contributed by atoms with van der Waals surface area (Å²) in [7, 11) is 0. The van der Waals surface area contributed by atoms with Gasteiger partial charge in [-0.15, -0.1) is 0 Å². The summed E-state index contributed by atoms with van der Waals surface area (Å²) in [5.74, 6) is 0.488. The fourth-order valence-corrected chi connectivity index (χ4v) is 3.52. The molecule has 0 spiro atoms. The monoisotopic (exact) mass is 363 g/mol. The number of hydrogen-bond donors (Lipinski definition) is 1. The Morgan fingerprint density at radius 2 is 2.19 bits per heavy atom. The predicted molar refractivity (Wildman–Crippen MR) is 95.0 cm³/mol. The Morgan fingerprint density at radius 3 is 3.00 bits per heavy atom. The second kappa shape index (κ2) is 5.76. The van der Waals surface area contributed by atoms with Crippen LogP contribution in [0.5, 0.6) is 0 Å². The smallest absolute Gasteiger partial charge is 0.272 e. The third kappa shape index (κ3) is 2.50. The van der Waals surface area contributed by atoms with Crippen molar-refractivity contribution in [1.29, 1.82) is 0 Å². The van der Waals surface area contributed by atoms with Crippen LogP contribution in [0.2, 0.25) is 0 Å². The number of rotatable bonds is 2. The van der Waals surface area contributed by atoms with E-state index in [4.69, 9.17) is 4.52 Å². The fraction of sp³-hybridized carbons (Fsp3) is 0.278. The molecule has 5 heterocycles. The highest BCUT2D eigenvalue weighted by Gasteiger charge is 2.28. The Labute approximate surface area is 154 Å². The maximum Gasteiger partial charge on any atom is 0.272 e. The molecule has 0 bridgehead atoms. The first-order valence-electron chi connectivity index (χ1n) is 8.70. The van der Waals surface area contributed by atoms with Gasteiger partial charge in [-0.25, -0.2) is 9.50 Å². The first-order valence-corrected chi connectivity index (χ1v) is 8.70. The molecular formula is C18H17N7O2. The standard InChI is InChI=1S/C18H17N7O2/c1-10-7-16-20-14(8-11(2)25(16)23-10)18(26)24-6-4-13-12(9-24)17(22-21-13)15-3-5-19-27-15/h3,5,7-8H,4,6,9H2,1-2H3,(H,21,22). The minimum absolute atomic E-state index is 0.102. The molecule has 1 N–H and O–H groups in total. The van der Waals surface area contributed by atoms with Crippen LogP contribution in [0.3, 0.4) is 0 Å². The molecule has 0 fully saturated rings. The molecule has 1 aliphatic rings. The Bertz CT molecular complexity index is 1160. The zero-order chi connectivity index (χ0) is 18.5. The van der Waals surface area contributed by atoms with Gasteiger partial charge in [-0.3, -0.25) is 9.89 Å². The van der Waals surface area contributed by atoms with E-state index in [0.29, 0.717) is 42.3 Å². The van der Waals surface area contributed by atoms with E-state index in [1.165, 1.54) is 0 Å². The van der Waals surface area contributed by atoms with Gasteiger partial charge in [-0.1, -0.05) is 5.16 Å². The Kier molecular flexibility index (Phi) is 3.36. The maximum absolute atomic E-state index is 13.1. The largest absolute Gasteiger partial charge is 0.355 e. The minimum Gasteiger partial charge on any atom is -0.355 e. The minimum atomic E-state index is -0.102. The van der Waals surface area contributed by atoms with Gasteiger partial charge in [0.05, 0.1) is 18.4 Å². The van der Waals surface area contributed by atoms with Crippen LogP contribution in [0.4, 0.5) is 0 Å². The number of aromatic nitrogens is 6. The summed E-state index contributed by atoms with van der Waals surface area (Å²) < 4.78 is 6.98. The van der Waals surface area contributed by atoms with Crippen molar-refractivity contribution in [1.82, 2.24) is 34.9 Å². The number of aromatic amines is 1. The molecule has 0 radical (unpaired) electrons. The molecule has 136 valence electrons. The summed E-state index contributed by atoms with van der Waals surface area (Å²) in [5, 5.41) is 15.5. The van der Waals surface area contributed by atoms with Crippen LogP contribution in [-0.4, -0.2) is 47.3 Å². The van der Waals surface area contributed by atoms with Gasteiger partial charge < -0.3 is 9.42 Å². The fourth-order valence-electron chi connectivity index (χ4n) is 3.52. The van der Waals surface area contributed by atoms with Crippen molar-refractivity contribution in [3.63, 3.8) is 0 Å². The van der Waals surface area contributed by atoms with Gasteiger partial charge in [-0.2, -0.15) is 10.2 Å². The van der Waals surface area contributed by atoms with Gasteiger partial charge in [0.2, 0.25) is 0 Å². The average molecular weight is 363 g/mol. The molecule has 1 aliphatic heterocycles. The topological polar surface area (TPSA) is 105 Å². The lowest BCUT2D eigenvalue weighted by Crippen LogP contribution is -2.36. The van der Waals surface area contributed by atoms with E-state index in [0.717, 1.165) is 22.6 Å². The summed E-state index contributed by atoms with van der Waals surface area (Å²) in [4.78, 5) is 19.4. The highest BCUT2D eigenvalue weighted by atomic mass is 16.5. The van der Waals surface area contributed by atoms with Gasteiger partial charge in [0.15, 0.2) is 11.4 Å². The Hall–Kier alpha value is -3.49. The number of nitrogens with zero attached hydrogens (tertiary/aromatic N) is 6. The van der Waals surface area contributed by atoms with Crippen molar-refractivity contribution in [2.24, 2.45) is 0 Å². The van der Waals surface area contributed by atoms with E-state index in [1.54, 1.807) is 27.7 Å². The zero-order valence-electron chi connectivity index (χ0n) is 14.9. The molecule has 9 heteroatoms. The second-order valence-corrected chi connectivity index (χ2v) is 6.72. The molecule has 0 atom stereocenters. The number of carbonyl (C=O) groups is 1. The van der Waals surface area contributed by atoms with E-state index >= 15 is 0 Å². The number of nitrogens with one attached hydrogen (secondary N) is 1. The lowest BCUT2D eigenvalue weighted by atomic mass is 10.0. The van der Waals surface area contributed by atoms with Gasteiger partial charge >= 0.3 is 0 Å². The van der Waals surface area contributed by atoms with Crippen LogP contribution < -0.4 is 0 Å². The van der Waals surface area contributed by atoms with Crippen LogP contribution in [0.25, 0.3) is 17.1 Å². The Balaban J connectivity index is 1.48. The first-order chi connectivity index (χ1) is 13.1. The molecule has 27 heavy (non-hydrogen) atoms. The lowest BCUT2D eigenvalue weighted by Gasteiger charge is -2.26. The molecule has 4 aromatic rings. The quantitative estimate of drug-likeness (QED) is 0.583. The van der Waals surface area contributed by atoms with E-state index < -0.39 is 0 Å². The second-order valence-electron chi connectivity index (χ2n) is 6.72. The number of amides is 1. The van der Waals surface area contributed by atoms with Crippen molar-refractivity contribution in [2.75, 3.05) is 6.54 Å². The van der Waals surface area contributed by atoms with Crippen LogP contribution in [-0.2, 0) is 13.0 Å². The summed E-state index contributed by atoms with van der Waals surface area (Å²) in [6, 6.07) is 5.41. The van der Waals surface area contributed by atoms with Crippen molar-refractivity contribution in [2.45, 2.75) is 26.8 Å². The van der Waals surface area contributed by atoms with Crippen molar-refractivity contribution >= 4 is 11.6 Å². The van der Waals surface area contributed by atoms with E-state index in [2.05, 4.69) is 25.4 Å². The SMILES string of the molecule is Cc1cc2nc(C(=O)N3CCc4[nH]nc(-c5ccno5)c4C3)cc(C)n2n1. The third-order valence-corrected chi connectivity index (χ3v) is 4.84. The van der Waals surface area contributed by atoms with Crippen molar-refractivity contribution in [3.8, 4) is 11.5 Å². The van der Waals surface area contributed by atoms with Crippen LogP contribution >= 0.6 is 0 Å². The number of fused-ring (bicyclic) bond motifs is 2. The molecule has 1 amide bonds. The van der Waals surface area contributed by atoms with Crippen LogP contribution in [0, 0.1) is 13.8 Å². The number of H-pyrrole nitrogens is 1. The normalized spacial score (nSPS) is 13.9. The van der Waals surface area contributed by atoms with Gasteiger partial charge in [0.25, 0.3) is 5.91 Å². The molecule has 9 nitrogen and oxygen atoms in total. The molecule has 0 saturated heterocycles. The van der Waals surface area contributed by atoms with Gasteiger partial charge in [-0.05, 0) is 19.9 Å². The molecule has 4 aromatic heterocycles. The molecule has 5 rings (SSSR count). The summed E-state index contributed by atoms with van der Waals surface area (Å²) in [6.45, 7) is 4.88.